The molecule has 0 fully saturated rings. The minimum atomic E-state index is -0.574. The molecule has 0 heterocycles. The Balaban J connectivity index is 0.00000529. The fourth-order valence-electron chi connectivity index (χ4n) is 2.60. The Kier molecular flexibility index (Phi) is 10.3. The Morgan fingerprint density at radius 1 is 1.17 bits per heavy atom. The standard InChI is InChI=1S/C18H28N2O3.ClH/c1-4-18(5-2,13-19)17(22)20-12-15(16(21)23-6-3)14-10-8-7-9-11-14;/h7-11,15H,4-6,12-13,19H2,1-3H3,(H,20,22);1H. The van der Waals surface area contributed by atoms with Crippen LogP contribution in [0.15, 0.2) is 30.3 Å². The molecule has 24 heavy (non-hydrogen) atoms. The van der Waals surface area contributed by atoms with Crippen molar-refractivity contribution in [1.82, 2.24) is 5.32 Å². The Hall–Kier alpha value is -1.59. The number of carbonyl (C=O) groups excluding carboxylic acids is 2. The number of nitrogens with two attached hydrogens (primary N) is 1. The van der Waals surface area contributed by atoms with Gasteiger partial charge in [0.25, 0.3) is 0 Å². The summed E-state index contributed by atoms with van der Waals surface area (Å²) in [4.78, 5) is 24.7. The average Bonchev–Trinajstić information content (AvgIpc) is 2.58. The van der Waals surface area contributed by atoms with Crippen molar-refractivity contribution in [2.24, 2.45) is 11.1 Å². The van der Waals surface area contributed by atoms with Crippen molar-refractivity contribution in [2.75, 3.05) is 19.7 Å². The Morgan fingerprint density at radius 3 is 2.21 bits per heavy atom. The van der Waals surface area contributed by atoms with Gasteiger partial charge in [-0.1, -0.05) is 44.2 Å². The molecule has 6 heteroatoms. The molecule has 0 aliphatic heterocycles. The molecule has 3 N–H and O–H groups in total. The van der Waals surface area contributed by atoms with Gasteiger partial charge in [-0.15, -0.1) is 12.4 Å². The zero-order chi connectivity index (χ0) is 17.3. The predicted octanol–water partition coefficient (Wildman–Crippen LogP) is 2.64. The molecule has 0 radical (unpaired) electrons. The second kappa shape index (κ2) is 11.0. The lowest BCUT2D eigenvalue weighted by molar-refractivity contribution is -0.145. The third-order valence-corrected chi connectivity index (χ3v) is 4.47. The Bertz CT molecular complexity index is 496. The van der Waals surface area contributed by atoms with Gasteiger partial charge >= 0.3 is 5.97 Å². The molecule has 1 unspecified atom stereocenters. The van der Waals surface area contributed by atoms with Crippen molar-refractivity contribution in [3.63, 3.8) is 0 Å². The molecule has 136 valence electrons. The summed E-state index contributed by atoms with van der Waals surface area (Å²) in [6, 6.07) is 9.35. The molecule has 1 atom stereocenters. The van der Waals surface area contributed by atoms with Crippen LogP contribution < -0.4 is 11.1 Å². The number of esters is 1. The maximum Gasteiger partial charge on any atom is 0.315 e. The minimum absolute atomic E-state index is 0. The smallest absolute Gasteiger partial charge is 0.315 e. The first-order chi connectivity index (χ1) is 11.0. The third kappa shape index (κ3) is 5.49. The number of amides is 1. The van der Waals surface area contributed by atoms with Crippen molar-refractivity contribution in [3.05, 3.63) is 35.9 Å². The summed E-state index contributed by atoms with van der Waals surface area (Å²) in [7, 11) is 0. The number of halogens is 1. The van der Waals surface area contributed by atoms with Crippen LogP contribution in [0.3, 0.4) is 0 Å². The molecule has 1 aromatic carbocycles. The van der Waals surface area contributed by atoms with E-state index in [2.05, 4.69) is 5.32 Å². The maximum atomic E-state index is 12.5. The van der Waals surface area contributed by atoms with E-state index in [-0.39, 0.29) is 30.8 Å². The van der Waals surface area contributed by atoms with Gasteiger partial charge in [-0.3, -0.25) is 9.59 Å². The summed E-state index contributed by atoms with van der Waals surface area (Å²) in [5.41, 5.74) is 6.06. The maximum absolute atomic E-state index is 12.5. The normalized spacial score (nSPS) is 12.0. The fourth-order valence-corrected chi connectivity index (χ4v) is 2.60. The second-order valence-electron chi connectivity index (χ2n) is 5.62. The summed E-state index contributed by atoms with van der Waals surface area (Å²) < 4.78 is 5.14. The lowest BCUT2D eigenvalue weighted by Crippen LogP contribution is -2.47. The van der Waals surface area contributed by atoms with Crippen LogP contribution in [0.5, 0.6) is 0 Å². The zero-order valence-corrected chi connectivity index (χ0v) is 15.5. The van der Waals surface area contributed by atoms with Crippen LogP contribution in [-0.4, -0.2) is 31.6 Å². The van der Waals surface area contributed by atoms with Crippen LogP contribution in [-0.2, 0) is 14.3 Å². The minimum Gasteiger partial charge on any atom is -0.465 e. The topological polar surface area (TPSA) is 81.4 Å². The van der Waals surface area contributed by atoms with Crippen LogP contribution in [0.2, 0.25) is 0 Å². The van der Waals surface area contributed by atoms with E-state index in [0.29, 0.717) is 26.0 Å². The molecular weight excluding hydrogens is 328 g/mol. The van der Waals surface area contributed by atoms with Crippen LogP contribution in [0.1, 0.15) is 45.1 Å². The largest absolute Gasteiger partial charge is 0.465 e. The molecule has 1 aromatic rings. The van der Waals surface area contributed by atoms with Crippen molar-refractivity contribution < 1.29 is 14.3 Å². The van der Waals surface area contributed by atoms with E-state index in [9.17, 15) is 9.59 Å². The fraction of sp³-hybridized carbons (Fsp3) is 0.556. The highest BCUT2D eigenvalue weighted by Gasteiger charge is 2.34. The molecule has 0 aliphatic rings. The summed E-state index contributed by atoms with van der Waals surface area (Å²) >= 11 is 0. The first-order valence-corrected chi connectivity index (χ1v) is 8.24. The van der Waals surface area contributed by atoms with Crippen LogP contribution in [0, 0.1) is 5.41 Å². The first-order valence-electron chi connectivity index (χ1n) is 8.24. The lowest BCUT2D eigenvalue weighted by atomic mass is 9.81. The van der Waals surface area contributed by atoms with Crippen molar-refractivity contribution >= 4 is 24.3 Å². The van der Waals surface area contributed by atoms with Gasteiger partial charge in [0.15, 0.2) is 0 Å². The molecule has 5 nitrogen and oxygen atoms in total. The van der Waals surface area contributed by atoms with Gasteiger partial charge in [0.2, 0.25) is 5.91 Å². The van der Waals surface area contributed by atoms with Crippen LogP contribution in [0.25, 0.3) is 0 Å². The zero-order valence-electron chi connectivity index (χ0n) is 14.7. The van der Waals surface area contributed by atoms with E-state index in [4.69, 9.17) is 10.5 Å². The van der Waals surface area contributed by atoms with Gasteiger partial charge in [-0.25, -0.2) is 0 Å². The molecule has 0 bridgehead atoms. The SMILES string of the molecule is CCOC(=O)C(CNC(=O)C(CC)(CC)CN)c1ccccc1.Cl. The van der Waals surface area contributed by atoms with Gasteiger partial charge in [-0.2, -0.15) is 0 Å². The average molecular weight is 357 g/mol. The van der Waals surface area contributed by atoms with E-state index in [1.54, 1.807) is 6.92 Å². The highest BCUT2D eigenvalue weighted by atomic mass is 35.5. The quantitative estimate of drug-likeness (QED) is 0.666. The number of ether oxygens (including phenoxy) is 1. The van der Waals surface area contributed by atoms with E-state index >= 15 is 0 Å². The molecular formula is C18H29ClN2O3. The molecule has 1 rings (SSSR count). The number of hydrogen-bond donors (Lipinski definition) is 2. The lowest BCUT2D eigenvalue weighted by Gasteiger charge is -2.29. The van der Waals surface area contributed by atoms with Crippen molar-refractivity contribution in [1.29, 1.82) is 0 Å². The van der Waals surface area contributed by atoms with Gasteiger partial charge in [0, 0.05) is 13.1 Å². The summed E-state index contributed by atoms with van der Waals surface area (Å²) in [6.45, 7) is 6.50. The molecule has 1 amide bonds. The van der Waals surface area contributed by atoms with E-state index < -0.39 is 11.3 Å². The van der Waals surface area contributed by atoms with Crippen LogP contribution >= 0.6 is 12.4 Å². The Labute approximate surface area is 150 Å². The monoisotopic (exact) mass is 356 g/mol. The summed E-state index contributed by atoms with van der Waals surface area (Å²) in [5.74, 6) is -0.940. The van der Waals surface area contributed by atoms with E-state index in [0.717, 1.165) is 5.56 Å². The predicted molar refractivity (Wildman–Crippen MR) is 98.1 cm³/mol. The summed E-state index contributed by atoms with van der Waals surface area (Å²) in [6.07, 6.45) is 1.34. The number of carbonyl (C=O) groups is 2. The first kappa shape index (κ1) is 22.4. The number of benzene rings is 1. The molecule has 0 saturated heterocycles. The molecule has 0 aromatic heterocycles. The van der Waals surface area contributed by atoms with E-state index in [1.165, 1.54) is 0 Å². The number of nitrogens with one attached hydrogen (secondary N) is 1. The highest BCUT2D eigenvalue weighted by molar-refractivity contribution is 5.85. The van der Waals surface area contributed by atoms with Gasteiger partial charge < -0.3 is 15.8 Å². The van der Waals surface area contributed by atoms with Crippen molar-refractivity contribution in [3.8, 4) is 0 Å². The highest BCUT2D eigenvalue weighted by Crippen LogP contribution is 2.25. The van der Waals surface area contributed by atoms with E-state index in [1.807, 2.05) is 44.2 Å². The van der Waals surface area contributed by atoms with Crippen LogP contribution in [0.4, 0.5) is 0 Å². The number of hydrogen-bond acceptors (Lipinski definition) is 4. The van der Waals surface area contributed by atoms with Gasteiger partial charge in [0.05, 0.1) is 17.9 Å². The number of rotatable bonds is 9. The third-order valence-electron chi connectivity index (χ3n) is 4.47. The van der Waals surface area contributed by atoms with Gasteiger partial charge in [0.1, 0.15) is 0 Å². The molecule has 0 saturated carbocycles. The van der Waals surface area contributed by atoms with Crippen molar-refractivity contribution in [2.45, 2.75) is 39.5 Å². The van der Waals surface area contributed by atoms with Gasteiger partial charge in [-0.05, 0) is 25.3 Å². The Morgan fingerprint density at radius 2 is 1.75 bits per heavy atom. The second-order valence-corrected chi connectivity index (χ2v) is 5.62. The molecule has 0 aliphatic carbocycles. The summed E-state index contributed by atoms with van der Waals surface area (Å²) in [5, 5.41) is 2.89. The molecule has 0 spiro atoms.